The van der Waals surface area contributed by atoms with Gasteiger partial charge in [0.15, 0.2) is 15.6 Å². The molecule has 106 valence electrons. The van der Waals surface area contributed by atoms with E-state index < -0.39 is 20.8 Å². The molecule has 0 radical (unpaired) electrons. The number of methoxy groups -OCH3 is 1. The van der Waals surface area contributed by atoms with Gasteiger partial charge in [0.25, 0.3) is 0 Å². The molecule has 1 aromatic rings. The molecule has 0 unspecified atom stereocenters. The minimum atomic E-state index is -3.65. The van der Waals surface area contributed by atoms with E-state index in [9.17, 15) is 13.5 Å². The maximum Gasteiger partial charge on any atom is 0.186 e. The predicted octanol–water partition coefficient (Wildman–Crippen LogP) is 1.83. The fraction of sp³-hybridized carbons (Fsp3) is 0.500. The molecule has 1 aromatic carbocycles. The molecule has 0 heterocycles. The predicted molar refractivity (Wildman–Crippen MR) is 73.1 cm³/mol. The van der Waals surface area contributed by atoms with Crippen LogP contribution in [-0.4, -0.2) is 32.5 Å². The van der Waals surface area contributed by atoms with Crippen LogP contribution in [0.2, 0.25) is 5.02 Å². The highest BCUT2D eigenvalue weighted by Gasteiger charge is 2.41. The van der Waals surface area contributed by atoms with Gasteiger partial charge in [0.2, 0.25) is 0 Å². The molecule has 0 atom stereocenters. The van der Waals surface area contributed by atoms with Crippen LogP contribution in [-0.2, 0) is 14.6 Å². The minimum absolute atomic E-state index is 0.00175. The Hall–Kier alpha value is -0.980. The molecule has 1 saturated carbocycles. The van der Waals surface area contributed by atoms with Crippen LogP contribution in [0.15, 0.2) is 17.0 Å². The molecule has 19 heavy (non-hydrogen) atoms. The van der Waals surface area contributed by atoms with Crippen LogP contribution in [0, 0.1) is 5.92 Å². The lowest BCUT2D eigenvalue weighted by atomic mass is 9.85. The first-order chi connectivity index (χ1) is 8.87. The summed E-state index contributed by atoms with van der Waals surface area (Å²) in [5.74, 6) is -0.213. The van der Waals surface area contributed by atoms with Crippen LogP contribution in [0.25, 0.3) is 0 Å². The third-order valence-corrected chi connectivity index (χ3v) is 6.10. The van der Waals surface area contributed by atoms with Gasteiger partial charge in [0.1, 0.15) is 4.90 Å². The van der Waals surface area contributed by atoms with Gasteiger partial charge in [0.05, 0.1) is 16.0 Å². The molecule has 3 N–H and O–H groups in total. The van der Waals surface area contributed by atoms with E-state index in [0.717, 1.165) is 0 Å². The summed E-state index contributed by atoms with van der Waals surface area (Å²) in [6, 6.07) is 2.76. The quantitative estimate of drug-likeness (QED) is 0.654. The van der Waals surface area contributed by atoms with E-state index in [1.165, 1.54) is 12.1 Å². The van der Waals surface area contributed by atoms with Gasteiger partial charge in [-0.15, -0.1) is 0 Å². The number of ether oxygens (including phenoxy) is 1. The van der Waals surface area contributed by atoms with E-state index in [2.05, 4.69) is 0 Å². The van der Waals surface area contributed by atoms with Crippen LogP contribution >= 0.6 is 11.6 Å². The molecule has 1 aliphatic carbocycles. The molecular formula is C12H16ClNO4S. The molecule has 7 heteroatoms. The molecule has 0 aromatic heterocycles. The first kappa shape index (κ1) is 14.4. The second-order valence-corrected chi connectivity index (χ2v) is 7.35. The van der Waals surface area contributed by atoms with Gasteiger partial charge in [-0.1, -0.05) is 11.6 Å². The number of halogens is 1. The van der Waals surface area contributed by atoms with Crippen LogP contribution in [0.4, 0.5) is 5.69 Å². The normalized spacial score (nSPS) is 23.1. The van der Waals surface area contributed by atoms with Crippen molar-refractivity contribution in [1.29, 1.82) is 0 Å². The summed E-state index contributed by atoms with van der Waals surface area (Å²) < 4.78 is 29.8. The lowest BCUT2D eigenvalue weighted by molar-refractivity contribution is 0.113. The van der Waals surface area contributed by atoms with E-state index in [1.807, 2.05) is 0 Å². The highest BCUT2D eigenvalue weighted by atomic mass is 35.5. The van der Waals surface area contributed by atoms with Crippen LogP contribution in [0.5, 0.6) is 5.75 Å². The number of benzene rings is 1. The van der Waals surface area contributed by atoms with E-state index >= 15 is 0 Å². The van der Waals surface area contributed by atoms with Gasteiger partial charge in [-0.3, -0.25) is 0 Å². The third-order valence-electron chi connectivity index (χ3n) is 3.43. The fourth-order valence-corrected chi connectivity index (χ4v) is 4.89. The summed E-state index contributed by atoms with van der Waals surface area (Å²) in [4.78, 5) is -0.255. The monoisotopic (exact) mass is 305 g/mol. The van der Waals surface area contributed by atoms with Gasteiger partial charge >= 0.3 is 0 Å². The Morgan fingerprint density at radius 3 is 2.68 bits per heavy atom. The first-order valence-electron chi connectivity index (χ1n) is 5.87. The summed E-state index contributed by atoms with van der Waals surface area (Å²) in [6.45, 7) is 0.544. The van der Waals surface area contributed by atoms with Crippen molar-refractivity contribution in [2.24, 2.45) is 5.92 Å². The number of sulfone groups is 1. The molecule has 2 rings (SSSR count). The van der Waals surface area contributed by atoms with E-state index in [0.29, 0.717) is 19.4 Å². The highest BCUT2D eigenvalue weighted by Crippen LogP contribution is 2.43. The minimum Gasteiger partial charge on any atom is -0.504 e. The molecule has 5 nitrogen and oxygen atoms in total. The van der Waals surface area contributed by atoms with E-state index in [1.54, 1.807) is 7.11 Å². The molecular weight excluding hydrogens is 290 g/mol. The van der Waals surface area contributed by atoms with Crippen LogP contribution in [0.3, 0.4) is 0 Å². The number of rotatable bonds is 4. The van der Waals surface area contributed by atoms with Crippen molar-refractivity contribution in [2.45, 2.75) is 23.0 Å². The summed E-state index contributed by atoms with van der Waals surface area (Å²) in [6.07, 6.45) is 1.03. The van der Waals surface area contributed by atoms with Crippen molar-refractivity contribution >= 4 is 27.1 Å². The zero-order valence-corrected chi connectivity index (χ0v) is 12.0. The smallest absolute Gasteiger partial charge is 0.186 e. The summed E-state index contributed by atoms with van der Waals surface area (Å²) in [5.41, 5.74) is 5.54. The average Bonchev–Trinajstić information content (AvgIpc) is 2.28. The third kappa shape index (κ3) is 2.52. The number of nitrogen functional groups attached to an aromatic ring is 1. The second kappa shape index (κ2) is 5.19. The molecule has 0 bridgehead atoms. The molecule has 0 aliphatic heterocycles. The average molecular weight is 306 g/mol. The van der Waals surface area contributed by atoms with E-state index in [-0.39, 0.29) is 21.5 Å². The van der Waals surface area contributed by atoms with Crippen molar-refractivity contribution < 1.29 is 18.3 Å². The van der Waals surface area contributed by atoms with Gasteiger partial charge in [-0.05, 0) is 30.9 Å². The molecule has 0 spiro atoms. The molecule has 1 fully saturated rings. The lowest BCUT2D eigenvalue weighted by Gasteiger charge is -2.34. The second-order valence-electron chi connectivity index (χ2n) is 4.77. The Balaban J connectivity index is 2.30. The Morgan fingerprint density at radius 2 is 2.11 bits per heavy atom. The highest BCUT2D eigenvalue weighted by molar-refractivity contribution is 7.92. The number of hydrogen-bond donors (Lipinski definition) is 2. The van der Waals surface area contributed by atoms with Crippen LogP contribution < -0.4 is 5.73 Å². The number of anilines is 1. The SMILES string of the molecule is COCC1CC(S(=O)(=O)c2c(Cl)ccc(N)c2O)C1. The molecule has 1 aliphatic rings. The maximum absolute atomic E-state index is 12.4. The van der Waals surface area contributed by atoms with Gasteiger partial charge in [0, 0.05) is 13.7 Å². The summed E-state index contributed by atoms with van der Waals surface area (Å²) in [5, 5.41) is 9.31. The topological polar surface area (TPSA) is 89.6 Å². The lowest BCUT2D eigenvalue weighted by Crippen LogP contribution is -2.38. The zero-order valence-electron chi connectivity index (χ0n) is 10.5. The number of phenols is 1. The summed E-state index contributed by atoms with van der Waals surface area (Å²) >= 11 is 5.89. The van der Waals surface area contributed by atoms with Crippen molar-refractivity contribution in [3.8, 4) is 5.75 Å². The zero-order chi connectivity index (χ0) is 14.2. The Labute approximate surface area is 117 Å². The van der Waals surface area contributed by atoms with Gasteiger partial charge in [-0.25, -0.2) is 8.42 Å². The van der Waals surface area contributed by atoms with Crippen LogP contribution in [0.1, 0.15) is 12.8 Å². The van der Waals surface area contributed by atoms with Crippen molar-refractivity contribution in [3.63, 3.8) is 0 Å². The molecule has 0 amide bonds. The summed E-state index contributed by atoms with van der Waals surface area (Å²) in [7, 11) is -2.07. The van der Waals surface area contributed by atoms with Gasteiger partial charge in [-0.2, -0.15) is 0 Å². The number of aromatic hydroxyl groups is 1. The number of hydrogen-bond acceptors (Lipinski definition) is 5. The largest absolute Gasteiger partial charge is 0.504 e. The van der Waals surface area contributed by atoms with Crippen molar-refractivity contribution in [3.05, 3.63) is 17.2 Å². The van der Waals surface area contributed by atoms with Gasteiger partial charge < -0.3 is 15.6 Å². The fourth-order valence-electron chi connectivity index (χ4n) is 2.30. The van der Waals surface area contributed by atoms with E-state index in [4.69, 9.17) is 22.1 Å². The Bertz CT molecular complexity index is 582. The number of nitrogens with two attached hydrogens (primary N) is 1. The van der Waals surface area contributed by atoms with Crippen molar-refractivity contribution in [1.82, 2.24) is 0 Å². The first-order valence-corrected chi connectivity index (χ1v) is 7.80. The molecule has 0 saturated heterocycles. The maximum atomic E-state index is 12.4. The van der Waals surface area contributed by atoms with Crippen molar-refractivity contribution in [2.75, 3.05) is 19.5 Å². The standard InChI is InChI=1S/C12H16ClNO4S/c1-18-6-7-4-8(5-7)19(16,17)12-9(13)2-3-10(14)11(12)15/h2-3,7-8,15H,4-6,14H2,1H3. The Morgan fingerprint density at radius 1 is 1.47 bits per heavy atom. The number of phenolic OH excluding ortho intramolecular Hbond substituents is 1. The Kier molecular flexibility index (Phi) is 3.94.